The summed E-state index contributed by atoms with van der Waals surface area (Å²) in [5.74, 6) is 0. The molecule has 1 aliphatic rings. The fourth-order valence-corrected chi connectivity index (χ4v) is 6.98. The van der Waals surface area contributed by atoms with Crippen LogP contribution in [0.2, 0.25) is 0 Å². The Labute approximate surface area is 304 Å². The minimum atomic E-state index is -0.0878. The van der Waals surface area contributed by atoms with E-state index in [4.69, 9.17) is 0 Å². The Morgan fingerprint density at radius 1 is 0.275 bits per heavy atom. The van der Waals surface area contributed by atoms with E-state index in [0.29, 0.717) is 49.2 Å². The lowest BCUT2D eigenvalue weighted by molar-refractivity contribution is 1.47. The number of hydrogen-bond donors (Lipinski definition) is 0. The van der Waals surface area contributed by atoms with Gasteiger partial charge in [-0.2, -0.15) is 47.4 Å². The van der Waals surface area contributed by atoms with Crippen molar-refractivity contribution in [1.29, 1.82) is 47.4 Å². The number of benzene rings is 3. The second-order valence-corrected chi connectivity index (χ2v) is 12.3. The van der Waals surface area contributed by atoms with Gasteiger partial charge in [0.2, 0.25) is 0 Å². The molecule has 3 aromatic rings. The van der Waals surface area contributed by atoms with E-state index in [1.165, 1.54) is 0 Å². The zero-order valence-electron chi connectivity index (χ0n) is 29.5. The topological polar surface area (TPSA) is 214 Å². The van der Waals surface area contributed by atoms with Crippen LogP contribution in [0.3, 0.4) is 0 Å². The molecule has 51 heavy (non-hydrogen) atoms. The molecule has 0 aromatic heterocycles. The normalized spacial score (nSPS) is 10.8. The van der Waals surface area contributed by atoms with E-state index in [1.807, 2.05) is 0 Å². The molecule has 1 saturated carbocycles. The predicted octanol–water partition coefficient (Wildman–Crippen LogP) is -10.5. The zero-order chi connectivity index (χ0) is 38.2. The fraction of sp³-hybridized carbons (Fsp3) is 0. The molecule has 0 spiro atoms. The maximum atomic E-state index is 10.9. The van der Waals surface area contributed by atoms with Crippen LogP contribution in [0.1, 0.15) is 50.1 Å². The summed E-state index contributed by atoms with van der Waals surface area (Å²) in [6, 6.07) is 19.6. The van der Waals surface area contributed by atoms with Crippen LogP contribution in [0.5, 0.6) is 0 Å². The van der Waals surface area contributed by atoms with E-state index in [2.05, 4.69) is 54.6 Å². The third kappa shape index (κ3) is 5.24. The van der Waals surface area contributed by atoms with Crippen LogP contribution in [0.15, 0.2) is 16.7 Å². The summed E-state index contributed by atoms with van der Waals surface area (Å²) in [5, 5.41) is 94.0. The molecule has 0 amide bonds. The van der Waals surface area contributed by atoms with E-state index in [9.17, 15) is 47.4 Å². The molecule has 0 unspecified atom stereocenters. The van der Waals surface area contributed by atoms with Crippen molar-refractivity contribution < 1.29 is 0 Å². The molecular weight excluding hydrogens is 620 g/mol. The average Bonchev–Trinajstić information content (AvgIpc) is 3.83. The van der Waals surface area contributed by atoms with Gasteiger partial charge in [0.1, 0.15) is 88.8 Å². The Hall–Kier alpha value is -7.13. The Balaban J connectivity index is 2.48. The van der Waals surface area contributed by atoms with Gasteiger partial charge in [-0.3, -0.25) is 0 Å². The lowest BCUT2D eigenvalue weighted by atomic mass is 9.67. The van der Waals surface area contributed by atoms with Crippen molar-refractivity contribution >= 4 is 137 Å². The average molecular weight is 638 g/mol. The number of nitriles is 9. The van der Waals surface area contributed by atoms with Crippen molar-refractivity contribution in [3.63, 3.8) is 0 Å². The Morgan fingerprint density at radius 2 is 0.451 bits per heavy atom. The first kappa shape index (κ1) is 36.7. The van der Waals surface area contributed by atoms with Crippen molar-refractivity contribution in [3.05, 3.63) is 66.8 Å². The minimum absolute atomic E-state index is 0.0878. The van der Waals surface area contributed by atoms with Crippen LogP contribution in [0, 0.1) is 102 Å². The van der Waals surface area contributed by atoms with Gasteiger partial charge >= 0.3 is 0 Å². The molecule has 1 aliphatic carbocycles. The minimum Gasteiger partial charge on any atom is -0.192 e. The highest BCUT2D eigenvalue weighted by molar-refractivity contribution is 6.55. The van der Waals surface area contributed by atoms with Crippen molar-refractivity contribution in [3.8, 4) is 54.6 Å². The first-order valence-corrected chi connectivity index (χ1v) is 15.5. The second kappa shape index (κ2) is 13.8. The Kier molecular flexibility index (Phi) is 9.91. The van der Waals surface area contributed by atoms with Crippen molar-refractivity contribution in [1.82, 2.24) is 0 Å². The smallest absolute Gasteiger partial charge is 0.141 e. The van der Waals surface area contributed by atoms with E-state index in [-0.39, 0.29) is 83.5 Å². The van der Waals surface area contributed by atoms with E-state index >= 15 is 0 Å². The lowest BCUT2D eigenvalue weighted by Crippen LogP contribution is -2.39. The molecule has 0 N–H and O–H groups in total. The van der Waals surface area contributed by atoms with Crippen LogP contribution < -0.4 is 49.2 Å². The first-order valence-electron chi connectivity index (χ1n) is 15.5. The maximum Gasteiger partial charge on any atom is 0.141 e. The summed E-state index contributed by atoms with van der Waals surface area (Å²) < 4.78 is 0. The van der Waals surface area contributed by atoms with Crippen molar-refractivity contribution in [2.24, 2.45) is 0 Å². The largest absolute Gasteiger partial charge is 0.192 e. The van der Waals surface area contributed by atoms with Crippen LogP contribution in [-0.2, 0) is 0 Å². The van der Waals surface area contributed by atoms with Gasteiger partial charge in [0.05, 0.1) is 69.8 Å². The fourth-order valence-electron chi connectivity index (χ4n) is 6.98. The molecule has 222 valence electrons. The number of hydrogen-bond acceptors (Lipinski definition) is 9. The standard InChI is InChI=1S/C33H18B9N9/c34-25-16(7-49)31(40)28(37)13(4-46)19(25)10(1-43)22-23(11(2-44)20-14(5-47)29(38)32(41)17(8-50)26(20)35)24(22)12(3-45)21-15(6-48)30(39)33(42)18(9-51)27(21)36/h34-42H2. The molecule has 4 rings (SSSR count). The third-order valence-electron chi connectivity index (χ3n) is 10.1. The van der Waals surface area contributed by atoms with Gasteiger partial charge in [0.25, 0.3) is 0 Å². The van der Waals surface area contributed by atoms with Crippen LogP contribution >= 0.6 is 0 Å². The lowest BCUT2D eigenvalue weighted by Gasteiger charge is -2.16. The molecule has 0 radical (unpaired) electrons. The quantitative estimate of drug-likeness (QED) is 0.197. The molecule has 0 heterocycles. The highest BCUT2D eigenvalue weighted by Crippen LogP contribution is 2.56. The molecule has 0 atom stereocenters. The van der Waals surface area contributed by atoms with Gasteiger partial charge in [-0.15, -0.1) is 0 Å². The van der Waals surface area contributed by atoms with Gasteiger partial charge in [-0.05, 0) is 0 Å². The highest BCUT2D eigenvalue weighted by Gasteiger charge is 2.44. The predicted molar refractivity (Wildman–Crippen MR) is 219 cm³/mol. The first-order chi connectivity index (χ1) is 24.2. The summed E-state index contributed by atoms with van der Waals surface area (Å²) in [6.07, 6.45) is 0. The van der Waals surface area contributed by atoms with Crippen LogP contribution in [-0.4, -0.2) is 70.6 Å². The molecular formula is C33H18B9N9. The summed E-state index contributed by atoms with van der Waals surface area (Å²) >= 11 is 0. The summed E-state index contributed by atoms with van der Waals surface area (Å²) in [4.78, 5) is 0. The third-order valence-corrected chi connectivity index (χ3v) is 10.1. The molecule has 0 bridgehead atoms. The number of nitrogens with zero attached hydrogens (tertiary/aromatic N) is 9. The summed E-state index contributed by atoms with van der Waals surface area (Å²) in [6.45, 7) is 0. The van der Waals surface area contributed by atoms with E-state index in [0.717, 1.165) is 0 Å². The number of allylic oxidation sites excluding steroid dienone is 6. The van der Waals surface area contributed by atoms with Crippen LogP contribution in [0.4, 0.5) is 0 Å². The van der Waals surface area contributed by atoms with E-state index in [1.54, 1.807) is 70.6 Å². The number of rotatable bonds is 3. The monoisotopic (exact) mass is 639 g/mol. The van der Waals surface area contributed by atoms with Gasteiger partial charge in [0, 0.05) is 50.1 Å². The van der Waals surface area contributed by atoms with Gasteiger partial charge in [0.15, 0.2) is 0 Å². The van der Waals surface area contributed by atoms with Gasteiger partial charge in [-0.1, -0.05) is 49.2 Å². The second-order valence-electron chi connectivity index (χ2n) is 12.3. The van der Waals surface area contributed by atoms with Crippen LogP contribution in [0.25, 0.3) is 16.7 Å². The SMILES string of the molecule is Bc1c(B)c(C#N)c(C(C#N)=C2C(=C(C#N)c3c(B)c(C#N)c(B)c(B)c3C#N)C2=C(C#N)c2c(B)c(C#N)c(B)c(B)c2C#N)c(B)c1C#N. The molecule has 9 nitrogen and oxygen atoms in total. The van der Waals surface area contributed by atoms with Crippen molar-refractivity contribution in [2.45, 2.75) is 0 Å². The highest BCUT2D eigenvalue weighted by atomic mass is 14.5. The van der Waals surface area contributed by atoms with Gasteiger partial charge < -0.3 is 0 Å². The Morgan fingerprint density at radius 3 is 0.608 bits per heavy atom. The molecule has 18 heteroatoms. The van der Waals surface area contributed by atoms with Crippen molar-refractivity contribution in [2.75, 3.05) is 0 Å². The molecule has 0 aliphatic heterocycles. The maximum absolute atomic E-state index is 10.9. The summed E-state index contributed by atoms with van der Waals surface area (Å²) in [7, 11) is 15.0. The zero-order valence-corrected chi connectivity index (χ0v) is 29.5. The van der Waals surface area contributed by atoms with Gasteiger partial charge in [-0.25, -0.2) is 0 Å². The molecule has 0 saturated heterocycles. The Bertz CT molecular complexity index is 2420. The van der Waals surface area contributed by atoms with E-state index < -0.39 is 0 Å². The molecule has 3 aromatic carbocycles. The summed E-state index contributed by atoms with van der Waals surface area (Å²) in [5.41, 5.74) is 5.94. The molecule has 1 fully saturated rings.